The number of amides is 1. The highest BCUT2D eigenvalue weighted by Gasteiger charge is 2.68. The van der Waals surface area contributed by atoms with Gasteiger partial charge in [0.25, 0.3) is 5.92 Å². The monoisotopic (exact) mass is 891 g/mol. The van der Waals surface area contributed by atoms with Gasteiger partial charge in [-0.2, -0.15) is 32.1 Å². The minimum Gasteiger partial charge on any atom is -0.346 e. The van der Waals surface area contributed by atoms with E-state index in [1.54, 1.807) is 18.2 Å². The number of nitrogens with one attached hydrogen (secondary N) is 2. The molecule has 0 radical (unpaired) electrons. The van der Waals surface area contributed by atoms with Crippen molar-refractivity contribution in [3.05, 3.63) is 93.0 Å². The molecule has 4 heterocycles. The molecule has 61 heavy (non-hydrogen) atoms. The Balaban J connectivity index is 1.25. The van der Waals surface area contributed by atoms with E-state index in [0.717, 1.165) is 44.6 Å². The summed E-state index contributed by atoms with van der Waals surface area (Å²) in [7, 11) is -0.285. The SMILES string of the molecule is CN1CCN(CC#Cc2ccc(-c3ccc(Cl)c4c(NS(C)(=O)=O)nn(C)c34)c(C(Cc3cc(F)cc(F)c3)NC(=O)Cn3nc(C(F)(F)F)c4c3C(F)(F)[C@@H]3C[C@H]43)n2)CC1. The largest absolute Gasteiger partial charge is 0.435 e. The van der Waals surface area contributed by atoms with Crippen LogP contribution in [0.3, 0.4) is 0 Å². The Morgan fingerprint density at radius 1 is 1.02 bits per heavy atom. The number of carbonyl (C=O) groups excluding carboxylic acids is 1. The Morgan fingerprint density at radius 3 is 2.38 bits per heavy atom. The number of piperazine rings is 1. The fourth-order valence-corrected chi connectivity index (χ4v) is 9.01. The zero-order valence-corrected chi connectivity index (χ0v) is 34.3. The third-order valence-corrected chi connectivity index (χ3v) is 11.9. The van der Waals surface area contributed by atoms with Crippen LogP contribution in [0.1, 0.15) is 52.3 Å². The molecule has 2 N–H and O–H groups in total. The number of rotatable bonds is 10. The quantitative estimate of drug-likeness (QED) is 0.128. The lowest BCUT2D eigenvalue weighted by atomic mass is 9.93. The van der Waals surface area contributed by atoms with Crippen molar-refractivity contribution in [2.24, 2.45) is 13.0 Å². The van der Waals surface area contributed by atoms with Gasteiger partial charge in [0.15, 0.2) is 11.5 Å². The average molecular weight is 892 g/mol. The van der Waals surface area contributed by atoms with E-state index in [-0.39, 0.29) is 51.6 Å². The molecule has 2 aromatic carbocycles. The lowest BCUT2D eigenvalue weighted by Crippen LogP contribution is -2.44. The first-order valence-electron chi connectivity index (χ1n) is 19.0. The molecule has 3 aliphatic rings. The van der Waals surface area contributed by atoms with Gasteiger partial charge in [-0.25, -0.2) is 22.2 Å². The summed E-state index contributed by atoms with van der Waals surface area (Å²) in [6, 6.07) is 7.65. The van der Waals surface area contributed by atoms with Crippen LogP contribution in [0.4, 0.5) is 36.6 Å². The van der Waals surface area contributed by atoms with E-state index in [9.17, 15) is 35.2 Å². The second kappa shape index (κ2) is 15.6. The molecule has 12 nitrogen and oxygen atoms in total. The number of halogens is 8. The van der Waals surface area contributed by atoms with E-state index in [1.165, 1.54) is 17.8 Å². The molecule has 1 saturated carbocycles. The summed E-state index contributed by atoms with van der Waals surface area (Å²) in [4.78, 5) is 23.2. The van der Waals surface area contributed by atoms with E-state index in [2.05, 4.69) is 41.9 Å². The van der Waals surface area contributed by atoms with E-state index in [0.29, 0.717) is 28.4 Å². The molecule has 3 atom stereocenters. The number of hydrogen-bond donors (Lipinski definition) is 2. The van der Waals surface area contributed by atoms with E-state index < -0.39 is 81.0 Å². The van der Waals surface area contributed by atoms with Crippen LogP contribution in [0.2, 0.25) is 5.02 Å². The molecule has 1 unspecified atom stereocenters. The average Bonchev–Trinajstić information content (AvgIpc) is 3.70. The number of pyridine rings is 1. The number of alkyl halides is 5. The first kappa shape index (κ1) is 42.5. The third kappa shape index (κ3) is 8.52. The van der Waals surface area contributed by atoms with Crippen LogP contribution in [-0.2, 0) is 46.9 Å². The maximum absolute atomic E-state index is 15.5. The Hall–Kier alpha value is -5.23. The Kier molecular flexibility index (Phi) is 10.9. The molecule has 21 heteroatoms. The van der Waals surface area contributed by atoms with Gasteiger partial charge >= 0.3 is 6.18 Å². The third-order valence-electron chi connectivity index (χ3n) is 11.1. The highest BCUT2D eigenvalue weighted by molar-refractivity contribution is 7.92. The normalized spacial score (nSPS) is 19.3. The molecule has 2 fully saturated rings. The zero-order valence-electron chi connectivity index (χ0n) is 32.7. The number of benzene rings is 2. The van der Waals surface area contributed by atoms with Crippen LogP contribution in [0.25, 0.3) is 22.0 Å². The van der Waals surface area contributed by atoms with Gasteiger partial charge in [0, 0.05) is 61.9 Å². The van der Waals surface area contributed by atoms with Gasteiger partial charge in [0.2, 0.25) is 15.9 Å². The molecule has 3 aromatic heterocycles. The standard InChI is InChI=1S/C40H37ClF7N9O3S/c1-54-11-13-56(14-12-54)10-4-5-24-6-7-25(26-8-9-29(41)33-35(26)55(2)52-38(33)53-61(3,59)60)34(49-24)30(17-21-15-22(42)18-23(43)16-21)50-31(58)20-57-37-32(36(51-57)40(46,47)48)27-19-28(27)39(37,44)45/h6-9,15-16,18,27-28,30H,10-14,17,19-20H2,1-3H3,(H,50,58)(H,52,53)/t27-,28+,30?/m0/s1. The van der Waals surface area contributed by atoms with E-state index in [4.69, 9.17) is 16.6 Å². The molecule has 2 aliphatic carbocycles. The fraction of sp³-hybridized carbons (Fsp3) is 0.400. The summed E-state index contributed by atoms with van der Waals surface area (Å²) < 4.78 is 131. The number of hydrogen-bond acceptors (Lipinski definition) is 8. The van der Waals surface area contributed by atoms with Crippen LogP contribution in [0.5, 0.6) is 0 Å². The fourth-order valence-electron chi connectivity index (χ4n) is 8.28. The highest BCUT2D eigenvalue weighted by Crippen LogP contribution is 2.68. The molecule has 0 spiro atoms. The van der Waals surface area contributed by atoms with Crippen molar-refractivity contribution >= 4 is 44.3 Å². The first-order chi connectivity index (χ1) is 28.7. The Bertz CT molecular complexity index is 2740. The molecule has 1 aliphatic heterocycles. The number of nitrogens with zero attached hydrogens (tertiary/aromatic N) is 7. The molecule has 0 bridgehead atoms. The van der Waals surface area contributed by atoms with Crippen LogP contribution in [-0.4, -0.2) is 94.7 Å². The number of fused-ring (bicyclic) bond motifs is 4. The van der Waals surface area contributed by atoms with Gasteiger partial charge in [-0.3, -0.25) is 23.8 Å². The first-order valence-corrected chi connectivity index (χ1v) is 21.3. The molecule has 8 rings (SSSR count). The van der Waals surface area contributed by atoms with Crippen molar-refractivity contribution in [3.63, 3.8) is 0 Å². The summed E-state index contributed by atoms with van der Waals surface area (Å²) in [5, 5.41) is 10.8. The molecular formula is C40H37ClF7N9O3S. The van der Waals surface area contributed by atoms with Gasteiger partial charge < -0.3 is 10.2 Å². The highest BCUT2D eigenvalue weighted by atomic mass is 35.5. The van der Waals surface area contributed by atoms with Gasteiger partial charge in [-0.1, -0.05) is 23.6 Å². The van der Waals surface area contributed by atoms with Gasteiger partial charge in [-0.05, 0) is 67.6 Å². The minimum atomic E-state index is -5.07. The molecule has 1 amide bonds. The Morgan fingerprint density at radius 2 is 1.70 bits per heavy atom. The van der Waals surface area contributed by atoms with Crippen molar-refractivity contribution in [3.8, 4) is 23.0 Å². The lowest BCUT2D eigenvalue weighted by molar-refractivity contribution is -0.142. The maximum Gasteiger partial charge on any atom is 0.435 e. The van der Waals surface area contributed by atoms with Gasteiger partial charge in [0.05, 0.1) is 40.5 Å². The van der Waals surface area contributed by atoms with Gasteiger partial charge in [0.1, 0.15) is 29.6 Å². The molecule has 1 saturated heterocycles. The second-order valence-corrected chi connectivity index (χ2v) is 17.8. The summed E-state index contributed by atoms with van der Waals surface area (Å²) in [5.41, 5.74) is -1.82. The van der Waals surface area contributed by atoms with Crippen molar-refractivity contribution < 1.29 is 43.9 Å². The Labute approximate surface area is 350 Å². The maximum atomic E-state index is 15.5. The number of carbonyl (C=O) groups is 1. The van der Waals surface area contributed by atoms with Crippen molar-refractivity contribution in [2.75, 3.05) is 50.7 Å². The van der Waals surface area contributed by atoms with Crippen LogP contribution in [0, 0.1) is 29.4 Å². The summed E-state index contributed by atoms with van der Waals surface area (Å²) >= 11 is 6.62. The van der Waals surface area contributed by atoms with Crippen molar-refractivity contribution in [1.82, 2.24) is 39.7 Å². The summed E-state index contributed by atoms with van der Waals surface area (Å²) in [5.74, 6) is -2.94. The number of sulfonamides is 1. The minimum absolute atomic E-state index is 0.0366. The van der Waals surface area contributed by atoms with Crippen LogP contribution < -0.4 is 10.0 Å². The zero-order chi connectivity index (χ0) is 43.8. The number of aromatic nitrogens is 5. The number of likely N-dealkylation sites (N-methyl/N-ethyl adjacent to an activating group) is 1. The lowest BCUT2D eigenvalue weighted by Gasteiger charge is -2.30. The number of anilines is 1. The van der Waals surface area contributed by atoms with E-state index >= 15 is 8.78 Å². The summed E-state index contributed by atoms with van der Waals surface area (Å²) in [6.45, 7) is 2.61. The van der Waals surface area contributed by atoms with Gasteiger partial charge in [-0.15, -0.1) is 0 Å². The van der Waals surface area contributed by atoms with E-state index in [1.807, 2.05) is 7.05 Å². The predicted molar refractivity (Wildman–Crippen MR) is 211 cm³/mol. The van der Waals surface area contributed by atoms with Crippen molar-refractivity contribution in [2.45, 2.75) is 43.4 Å². The predicted octanol–water partition coefficient (Wildman–Crippen LogP) is 6.06. The molecular weight excluding hydrogens is 855 g/mol. The molecule has 5 aromatic rings. The molecule has 322 valence electrons. The topological polar surface area (TPSA) is 130 Å². The number of aryl methyl sites for hydroxylation is 1. The smallest absolute Gasteiger partial charge is 0.346 e. The summed E-state index contributed by atoms with van der Waals surface area (Å²) in [6.07, 6.45) is -4.63. The van der Waals surface area contributed by atoms with Crippen molar-refractivity contribution in [1.29, 1.82) is 0 Å². The van der Waals surface area contributed by atoms with Crippen LogP contribution >= 0.6 is 11.6 Å². The second-order valence-electron chi connectivity index (χ2n) is 15.6. The van der Waals surface area contributed by atoms with Crippen LogP contribution in [0.15, 0.2) is 42.5 Å².